The molecule has 6 nitrogen and oxygen atoms in total. The molecule has 0 aliphatic carbocycles. The Labute approximate surface area is 178 Å². The minimum Gasteiger partial charge on any atom is -0.497 e. The van der Waals surface area contributed by atoms with Crippen molar-refractivity contribution in [1.29, 1.82) is 0 Å². The van der Waals surface area contributed by atoms with Crippen molar-refractivity contribution in [3.8, 4) is 11.5 Å². The fourth-order valence-electron chi connectivity index (χ4n) is 3.85. The summed E-state index contributed by atoms with van der Waals surface area (Å²) in [5.41, 5.74) is -0.798. The first kappa shape index (κ1) is 22.5. The van der Waals surface area contributed by atoms with Gasteiger partial charge in [-0.1, -0.05) is 0 Å². The first-order valence-electron chi connectivity index (χ1n) is 9.66. The molecular weight excluding hydrogens is 413 g/mol. The van der Waals surface area contributed by atoms with E-state index in [0.29, 0.717) is 0 Å². The number of rotatable bonds is 4. The summed E-state index contributed by atoms with van der Waals surface area (Å²) in [6.45, 7) is 3.46. The highest BCUT2D eigenvalue weighted by Crippen LogP contribution is 2.26. The van der Waals surface area contributed by atoms with Gasteiger partial charge in [0.25, 0.3) is 11.8 Å². The van der Waals surface area contributed by atoms with Crippen molar-refractivity contribution >= 4 is 11.8 Å². The molecule has 0 N–H and O–H groups in total. The van der Waals surface area contributed by atoms with Gasteiger partial charge in [0.05, 0.1) is 19.8 Å². The smallest absolute Gasteiger partial charge is 0.259 e. The Morgan fingerprint density at radius 3 is 1.84 bits per heavy atom. The lowest BCUT2D eigenvalue weighted by atomic mass is 10.0. The molecule has 0 aromatic heterocycles. The van der Waals surface area contributed by atoms with Gasteiger partial charge in [0.1, 0.15) is 34.5 Å². The summed E-state index contributed by atoms with van der Waals surface area (Å²) >= 11 is 0. The largest absolute Gasteiger partial charge is 0.497 e. The fraction of sp³-hybridized carbons (Fsp3) is 0.364. The van der Waals surface area contributed by atoms with E-state index in [9.17, 15) is 22.8 Å². The van der Waals surface area contributed by atoms with Crippen LogP contribution >= 0.6 is 0 Å². The molecule has 31 heavy (non-hydrogen) atoms. The Morgan fingerprint density at radius 1 is 0.839 bits per heavy atom. The summed E-state index contributed by atoms with van der Waals surface area (Å²) < 4.78 is 52.8. The number of carbonyl (C=O) groups excluding carboxylic acids is 2. The molecule has 2 aromatic rings. The first-order valence-corrected chi connectivity index (χ1v) is 9.66. The average Bonchev–Trinajstić information content (AvgIpc) is 2.72. The zero-order chi connectivity index (χ0) is 22.9. The van der Waals surface area contributed by atoms with E-state index in [-0.39, 0.29) is 30.2 Å². The molecule has 1 saturated heterocycles. The fourth-order valence-corrected chi connectivity index (χ4v) is 3.85. The van der Waals surface area contributed by atoms with E-state index in [1.165, 1.54) is 36.2 Å². The number of benzene rings is 2. The molecule has 2 amide bonds. The molecule has 166 valence electrons. The molecule has 1 aliphatic rings. The predicted octanol–water partition coefficient (Wildman–Crippen LogP) is 3.50. The maximum absolute atomic E-state index is 14.4. The second-order valence-electron chi connectivity index (χ2n) is 7.43. The summed E-state index contributed by atoms with van der Waals surface area (Å²) in [5.74, 6) is -3.88. The highest BCUT2D eigenvalue weighted by molar-refractivity contribution is 5.97. The predicted molar refractivity (Wildman–Crippen MR) is 107 cm³/mol. The Kier molecular flexibility index (Phi) is 6.42. The Hall–Kier alpha value is -3.23. The summed E-state index contributed by atoms with van der Waals surface area (Å²) in [5, 5.41) is 0. The van der Waals surface area contributed by atoms with Gasteiger partial charge in [-0.05, 0) is 26.0 Å². The Balaban J connectivity index is 1.82. The van der Waals surface area contributed by atoms with E-state index >= 15 is 0 Å². The normalized spacial score (nSPS) is 18.7. The van der Waals surface area contributed by atoms with Gasteiger partial charge < -0.3 is 19.3 Å². The number of carbonyl (C=O) groups is 2. The van der Waals surface area contributed by atoms with E-state index in [0.717, 1.165) is 18.2 Å². The number of piperazine rings is 1. The van der Waals surface area contributed by atoms with Crippen LogP contribution in [0.25, 0.3) is 0 Å². The Bertz CT molecular complexity index is 979. The van der Waals surface area contributed by atoms with Crippen LogP contribution < -0.4 is 9.47 Å². The third-order valence-corrected chi connectivity index (χ3v) is 5.31. The molecule has 0 spiro atoms. The standard InChI is InChI=1S/C22H23F3N2O4/c1-12-10-26(22(29)20-18(24)8-15(31-4)9-19(20)25)11-13(2)27(12)21(28)16-6-5-14(30-3)7-17(16)23/h5-9,12-13H,10-11H2,1-4H3/t12-,13-/m1/s1. The number of hydrogen-bond donors (Lipinski definition) is 0. The van der Waals surface area contributed by atoms with Crippen LogP contribution in [0.5, 0.6) is 11.5 Å². The molecule has 1 aliphatic heterocycles. The average molecular weight is 436 g/mol. The van der Waals surface area contributed by atoms with E-state index < -0.39 is 46.9 Å². The monoisotopic (exact) mass is 436 g/mol. The molecule has 9 heteroatoms. The van der Waals surface area contributed by atoms with Gasteiger partial charge >= 0.3 is 0 Å². The maximum atomic E-state index is 14.4. The number of hydrogen-bond acceptors (Lipinski definition) is 4. The quantitative estimate of drug-likeness (QED) is 0.736. The van der Waals surface area contributed by atoms with Gasteiger partial charge in [0.2, 0.25) is 0 Å². The van der Waals surface area contributed by atoms with Crippen LogP contribution in [0, 0.1) is 17.5 Å². The first-order chi connectivity index (χ1) is 14.7. The number of halogens is 3. The van der Waals surface area contributed by atoms with Crippen LogP contribution in [0.2, 0.25) is 0 Å². The highest BCUT2D eigenvalue weighted by Gasteiger charge is 2.37. The van der Waals surface area contributed by atoms with Crippen LogP contribution in [-0.4, -0.2) is 61.0 Å². The lowest BCUT2D eigenvalue weighted by Gasteiger charge is -2.44. The van der Waals surface area contributed by atoms with Crippen molar-refractivity contribution in [2.45, 2.75) is 25.9 Å². The molecule has 2 atom stereocenters. The zero-order valence-electron chi connectivity index (χ0n) is 17.6. The summed E-state index contributed by atoms with van der Waals surface area (Å²) in [4.78, 5) is 28.6. The van der Waals surface area contributed by atoms with Gasteiger partial charge in [-0.25, -0.2) is 13.2 Å². The van der Waals surface area contributed by atoms with Gasteiger partial charge in [-0.3, -0.25) is 9.59 Å². The van der Waals surface area contributed by atoms with Crippen LogP contribution in [0.15, 0.2) is 30.3 Å². The number of amides is 2. The summed E-state index contributed by atoms with van der Waals surface area (Å²) in [6.07, 6.45) is 0. The van der Waals surface area contributed by atoms with Crippen LogP contribution in [0.4, 0.5) is 13.2 Å². The SMILES string of the molecule is COc1ccc(C(=O)N2[C@H](C)CN(C(=O)c3c(F)cc(OC)cc3F)C[C@H]2C)c(F)c1. The summed E-state index contributed by atoms with van der Waals surface area (Å²) in [6, 6.07) is 4.82. The molecule has 0 unspecified atom stereocenters. The zero-order valence-corrected chi connectivity index (χ0v) is 17.6. The van der Waals surface area contributed by atoms with Gasteiger partial charge in [0.15, 0.2) is 0 Å². The lowest BCUT2D eigenvalue weighted by Crippen LogP contribution is -2.60. The third kappa shape index (κ3) is 4.30. The molecule has 2 aromatic carbocycles. The minimum atomic E-state index is -1.03. The van der Waals surface area contributed by atoms with Crippen LogP contribution in [0.1, 0.15) is 34.6 Å². The highest BCUT2D eigenvalue weighted by atomic mass is 19.1. The van der Waals surface area contributed by atoms with Crippen LogP contribution in [0.3, 0.4) is 0 Å². The second-order valence-corrected chi connectivity index (χ2v) is 7.43. The number of ether oxygens (including phenoxy) is 2. The molecule has 0 saturated carbocycles. The van der Waals surface area contributed by atoms with E-state index in [2.05, 4.69) is 0 Å². The van der Waals surface area contributed by atoms with E-state index in [1.54, 1.807) is 13.8 Å². The van der Waals surface area contributed by atoms with E-state index in [4.69, 9.17) is 9.47 Å². The van der Waals surface area contributed by atoms with Gasteiger partial charge in [0, 0.05) is 43.4 Å². The molecule has 1 fully saturated rings. The lowest BCUT2D eigenvalue weighted by molar-refractivity contribution is 0.0247. The van der Waals surface area contributed by atoms with Gasteiger partial charge in [-0.2, -0.15) is 0 Å². The van der Waals surface area contributed by atoms with Gasteiger partial charge in [-0.15, -0.1) is 0 Å². The second kappa shape index (κ2) is 8.87. The summed E-state index contributed by atoms with van der Waals surface area (Å²) in [7, 11) is 2.66. The van der Waals surface area contributed by atoms with Crippen molar-refractivity contribution < 1.29 is 32.2 Å². The maximum Gasteiger partial charge on any atom is 0.259 e. The molecule has 0 bridgehead atoms. The van der Waals surface area contributed by atoms with E-state index in [1.807, 2.05) is 0 Å². The molecule has 0 radical (unpaired) electrons. The van der Waals surface area contributed by atoms with Crippen molar-refractivity contribution in [3.05, 3.63) is 58.9 Å². The third-order valence-electron chi connectivity index (χ3n) is 5.31. The van der Waals surface area contributed by atoms with Crippen molar-refractivity contribution in [1.82, 2.24) is 9.80 Å². The number of methoxy groups -OCH3 is 2. The van der Waals surface area contributed by atoms with Crippen LogP contribution in [-0.2, 0) is 0 Å². The molecule has 3 rings (SSSR count). The van der Waals surface area contributed by atoms with Crippen molar-refractivity contribution in [3.63, 3.8) is 0 Å². The topological polar surface area (TPSA) is 59.1 Å². The minimum absolute atomic E-state index is 0.0368. The molecule has 1 heterocycles. The van der Waals surface area contributed by atoms with Crippen molar-refractivity contribution in [2.24, 2.45) is 0 Å². The van der Waals surface area contributed by atoms with Crippen molar-refractivity contribution in [2.75, 3.05) is 27.3 Å². The number of nitrogens with zero attached hydrogens (tertiary/aromatic N) is 2. The Morgan fingerprint density at radius 2 is 1.35 bits per heavy atom. The molecular formula is C22H23F3N2O4.